The minimum absolute atomic E-state index is 0.122. The standard InChI is InChI=1S/C14H20N2O3/c1-9-5-6-10(7-15)8-16(9)14(19)11-3-2-4-12(17)13(11)18/h2-4,9-10,17-18H,5-8,15H2,1H3. The van der Waals surface area contributed by atoms with Crippen LogP contribution in [0.4, 0.5) is 0 Å². The van der Waals surface area contributed by atoms with Crippen molar-refractivity contribution in [1.29, 1.82) is 0 Å². The van der Waals surface area contributed by atoms with Crippen LogP contribution in [0.25, 0.3) is 0 Å². The summed E-state index contributed by atoms with van der Waals surface area (Å²) in [6, 6.07) is 4.55. The number of para-hydroxylation sites is 1. The van der Waals surface area contributed by atoms with Gasteiger partial charge in [-0.3, -0.25) is 4.79 Å². The van der Waals surface area contributed by atoms with Crippen molar-refractivity contribution < 1.29 is 15.0 Å². The first-order valence-corrected chi connectivity index (χ1v) is 6.56. The van der Waals surface area contributed by atoms with Gasteiger partial charge in [0.05, 0.1) is 5.56 Å². The minimum atomic E-state index is -0.352. The number of phenolic OH excluding ortho intramolecular Hbond substituents is 2. The summed E-state index contributed by atoms with van der Waals surface area (Å²) in [5.41, 5.74) is 5.82. The number of benzene rings is 1. The van der Waals surface area contributed by atoms with Crippen LogP contribution in [0.3, 0.4) is 0 Å². The van der Waals surface area contributed by atoms with Gasteiger partial charge in [-0.2, -0.15) is 0 Å². The smallest absolute Gasteiger partial charge is 0.258 e. The third-order valence-corrected chi connectivity index (χ3v) is 3.82. The van der Waals surface area contributed by atoms with E-state index in [4.69, 9.17) is 5.73 Å². The Morgan fingerprint density at radius 1 is 1.42 bits per heavy atom. The summed E-state index contributed by atoms with van der Waals surface area (Å²) in [7, 11) is 0. The Hall–Kier alpha value is -1.75. The molecule has 1 fully saturated rings. The molecule has 1 aromatic rings. The Labute approximate surface area is 112 Å². The van der Waals surface area contributed by atoms with Gasteiger partial charge in [-0.05, 0) is 44.4 Å². The summed E-state index contributed by atoms with van der Waals surface area (Å²) >= 11 is 0. The predicted octanol–water partition coefficient (Wildman–Crippen LogP) is 1.30. The molecule has 2 unspecified atom stereocenters. The van der Waals surface area contributed by atoms with Gasteiger partial charge >= 0.3 is 0 Å². The van der Waals surface area contributed by atoms with Gasteiger partial charge in [-0.25, -0.2) is 0 Å². The number of carbonyl (C=O) groups is 1. The molecule has 1 heterocycles. The number of piperidine rings is 1. The van der Waals surface area contributed by atoms with Crippen molar-refractivity contribution in [2.45, 2.75) is 25.8 Å². The Morgan fingerprint density at radius 2 is 2.16 bits per heavy atom. The number of hydrogen-bond acceptors (Lipinski definition) is 4. The molecule has 5 heteroatoms. The molecule has 1 saturated heterocycles. The molecule has 4 N–H and O–H groups in total. The van der Waals surface area contributed by atoms with Gasteiger partial charge in [-0.15, -0.1) is 0 Å². The number of likely N-dealkylation sites (tertiary alicyclic amines) is 1. The first-order chi connectivity index (χ1) is 9.04. The first-order valence-electron chi connectivity index (χ1n) is 6.56. The van der Waals surface area contributed by atoms with Gasteiger partial charge in [0.1, 0.15) is 0 Å². The predicted molar refractivity (Wildman–Crippen MR) is 72.0 cm³/mol. The molecule has 104 valence electrons. The van der Waals surface area contributed by atoms with Crippen molar-refractivity contribution in [1.82, 2.24) is 4.90 Å². The second kappa shape index (κ2) is 5.48. The topological polar surface area (TPSA) is 86.8 Å². The maximum Gasteiger partial charge on any atom is 0.258 e. The van der Waals surface area contributed by atoms with E-state index in [0.29, 0.717) is 19.0 Å². The van der Waals surface area contributed by atoms with E-state index >= 15 is 0 Å². The summed E-state index contributed by atoms with van der Waals surface area (Å²) in [5, 5.41) is 19.3. The molecule has 1 aliphatic heterocycles. The van der Waals surface area contributed by atoms with Gasteiger partial charge in [-0.1, -0.05) is 6.07 Å². The normalized spacial score (nSPS) is 23.4. The third kappa shape index (κ3) is 2.66. The molecule has 1 amide bonds. The fourth-order valence-corrected chi connectivity index (χ4v) is 2.52. The van der Waals surface area contributed by atoms with Crippen LogP contribution in [-0.2, 0) is 0 Å². The zero-order chi connectivity index (χ0) is 14.0. The fourth-order valence-electron chi connectivity index (χ4n) is 2.52. The molecule has 2 rings (SSSR count). The first kappa shape index (κ1) is 13.7. The molecule has 5 nitrogen and oxygen atoms in total. The molecule has 0 aromatic heterocycles. The van der Waals surface area contributed by atoms with E-state index in [2.05, 4.69) is 0 Å². The lowest BCUT2D eigenvalue weighted by molar-refractivity contribution is 0.0563. The molecule has 1 aromatic carbocycles. The summed E-state index contributed by atoms with van der Waals surface area (Å²) in [6.07, 6.45) is 1.93. The second-order valence-electron chi connectivity index (χ2n) is 5.16. The summed E-state index contributed by atoms with van der Waals surface area (Å²) in [4.78, 5) is 14.2. The third-order valence-electron chi connectivity index (χ3n) is 3.82. The van der Waals surface area contributed by atoms with Crippen LogP contribution in [0.15, 0.2) is 18.2 Å². The van der Waals surface area contributed by atoms with E-state index in [-0.39, 0.29) is 29.0 Å². The quantitative estimate of drug-likeness (QED) is 0.703. The molecule has 0 radical (unpaired) electrons. The van der Waals surface area contributed by atoms with Gasteiger partial charge < -0.3 is 20.8 Å². The van der Waals surface area contributed by atoms with Crippen LogP contribution in [0.1, 0.15) is 30.1 Å². The van der Waals surface area contributed by atoms with E-state index in [9.17, 15) is 15.0 Å². The maximum absolute atomic E-state index is 12.5. The SMILES string of the molecule is CC1CCC(CN)CN1C(=O)c1cccc(O)c1O. The zero-order valence-corrected chi connectivity index (χ0v) is 11.0. The number of amides is 1. The molecule has 0 aliphatic carbocycles. The molecule has 19 heavy (non-hydrogen) atoms. The van der Waals surface area contributed by atoms with E-state index in [1.54, 1.807) is 11.0 Å². The van der Waals surface area contributed by atoms with Gasteiger partial charge in [0.2, 0.25) is 0 Å². The highest BCUT2D eigenvalue weighted by Crippen LogP contribution is 2.31. The van der Waals surface area contributed by atoms with Crippen LogP contribution in [0, 0.1) is 5.92 Å². The van der Waals surface area contributed by atoms with Crippen LogP contribution in [-0.4, -0.2) is 40.2 Å². The number of nitrogens with zero attached hydrogens (tertiary/aromatic N) is 1. The fraction of sp³-hybridized carbons (Fsp3) is 0.500. The number of phenols is 2. The van der Waals surface area contributed by atoms with Crippen molar-refractivity contribution in [3.05, 3.63) is 23.8 Å². The van der Waals surface area contributed by atoms with Crippen molar-refractivity contribution in [3.8, 4) is 11.5 Å². The number of aromatic hydroxyl groups is 2. The molecule has 0 saturated carbocycles. The maximum atomic E-state index is 12.5. The highest BCUT2D eigenvalue weighted by molar-refractivity contribution is 5.97. The highest BCUT2D eigenvalue weighted by atomic mass is 16.3. The van der Waals surface area contributed by atoms with Gasteiger partial charge in [0.15, 0.2) is 11.5 Å². The van der Waals surface area contributed by atoms with E-state index in [1.165, 1.54) is 12.1 Å². The number of hydrogen-bond donors (Lipinski definition) is 3. The average Bonchev–Trinajstić information content (AvgIpc) is 2.42. The van der Waals surface area contributed by atoms with Crippen LogP contribution in [0.2, 0.25) is 0 Å². The highest BCUT2D eigenvalue weighted by Gasteiger charge is 2.30. The molecule has 0 bridgehead atoms. The van der Waals surface area contributed by atoms with Gasteiger partial charge in [0.25, 0.3) is 5.91 Å². The van der Waals surface area contributed by atoms with Crippen molar-refractivity contribution in [2.75, 3.05) is 13.1 Å². The van der Waals surface area contributed by atoms with Crippen LogP contribution < -0.4 is 5.73 Å². The van der Waals surface area contributed by atoms with Crippen molar-refractivity contribution in [2.24, 2.45) is 11.7 Å². The van der Waals surface area contributed by atoms with Crippen molar-refractivity contribution in [3.63, 3.8) is 0 Å². The Balaban J connectivity index is 2.24. The second-order valence-corrected chi connectivity index (χ2v) is 5.16. The van der Waals surface area contributed by atoms with Crippen molar-refractivity contribution >= 4 is 5.91 Å². The number of rotatable bonds is 2. The monoisotopic (exact) mass is 264 g/mol. The lowest BCUT2D eigenvalue weighted by atomic mass is 9.93. The van der Waals surface area contributed by atoms with Crippen LogP contribution >= 0.6 is 0 Å². The Kier molecular flexibility index (Phi) is 3.95. The minimum Gasteiger partial charge on any atom is -0.504 e. The molecular formula is C14H20N2O3. The summed E-state index contributed by atoms with van der Waals surface area (Å²) in [5.74, 6) is -0.570. The average molecular weight is 264 g/mol. The Bertz CT molecular complexity index is 476. The summed E-state index contributed by atoms with van der Waals surface area (Å²) in [6.45, 7) is 3.15. The molecule has 1 aliphatic rings. The molecule has 2 atom stereocenters. The zero-order valence-electron chi connectivity index (χ0n) is 11.0. The lowest BCUT2D eigenvalue weighted by Gasteiger charge is -2.37. The van der Waals surface area contributed by atoms with E-state index in [0.717, 1.165) is 12.8 Å². The summed E-state index contributed by atoms with van der Waals surface area (Å²) < 4.78 is 0. The molecular weight excluding hydrogens is 244 g/mol. The molecule has 0 spiro atoms. The number of carbonyl (C=O) groups excluding carboxylic acids is 1. The van der Waals surface area contributed by atoms with Gasteiger partial charge in [0, 0.05) is 12.6 Å². The number of nitrogens with two attached hydrogens (primary N) is 1. The van der Waals surface area contributed by atoms with E-state index < -0.39 is 0 Å². The Morgan fingerprint density at radius 3 is 2.84 bits per heavy atom. The van der Waals surface area contributed by atoms with Crippen LogP contribution in [0.5, 0.6) is 11.5 Å². The lowest BCUT2D eigenvalue weighted by Crippen LogP contribution is -2.47. The van der Waals surface area contributed by atoms with E-state index in [1.807, 2.05) is 6.92 Å². The largest absolute Gasteiger partial charge is 0.504 e.